The highest BCUT2D eigenvalue weighted by atomic mass is 32.1. The van der Waals surface area contributed by atoms with Crippen molar-refractivity contribution in [3.8, 4) is 33.4 Å². The smallest absolute Gasteiger partial charge is 0.136 e. The van der Waals surface area contributed by atoms with Gasteiger partial charge in [-0.15, -0.1) is 11.3 Å². The summed E-state index contributed by atoms with van der Waals surface area (Å²) in [5, 5.41) is 8.21. The van der Waals surface area contributed by atoms with Crippen LogP contribution < -0.4 is 0 Å². The van der Waals surface area contributed by atoms with Gasteiger partial charge in [0.2, 0.25) is 0 Å². The minimum atomic E-state index is 0.335. The van der Waals surface area contributed by atoms with Crippen molar-refractivity contribution in [2.75, 3.05) is 0 Å². The van der Waals surface area contributed by atoms with Crippen LogP contribution >= 0.6 is 11.3 Å². The lowest BCUT2D eigenvalue weighted by molar-refractivity contribution is 0.591. The van der Waals surface area contributed by atoms with Gasteiger partial charge < -0.3 is 13.3 Å². The average molecular weight is 761 g/mol. The van der Waals surface area contributed by atoms with Crippen molar-refractivity contribution in [1.29, 1.82) is 0 Å². The third kappa shape index (κ3) is 4.92. The van der Waals surface area contributed by atoms with Gasteiger partial charge in [-0.05, 0) is 124 Å². The quantitative estimate of drug-likeness (QED) is 0.179. The fourth-order valence-corrected chi connectivity index (χ4v) is 10.4. The van der Waals surface area contributed by atoms with E-state index in [4.69, 9.17) is 13.3 Å². The van der Waals surface area contributed by atoms with Gasteiger partial charge >= 0.3 is 0 Å². The summed E-state index contributed by atoms with van der Waals surface area (Å²) in [7, 11) is 0. The maximum Gasteiger partial charge on any atom is 0.136 e. The molecule has 0 amide bonds. The fraction of sp³-hybridized carbons (Fsp3) is 0.0370. The second-order valence-electron chi connectivity index (χ2n) is 15.6. The normalized spacial score (nSPS) is 14.2. The van der Waals surface area contributed by atoms with Crippen LogP contribution in [-0.2, 0) is 6.42 Å². The summed E-state index contributed by atoms with van der Waals surface area (Å²) >= 11 is 1.82. The Kier molecular flexibility index (Phi) is 6.72. The number of hydrogen-bond acceptors (Lipinski definition) is 4. The van der Waals surface area contributed by atoms with E-state index in [1.807, 2.05) is 11.3 Å². The van der Waals surface area contributed by atoms with Gasteiger partial charge in [0.15, 0.2) is 0 Å². The molecule has 1 aliphatic rings. The van der Waals surface area contributed by atoms with Gasteiger partial charge in [0.25, 0.3) is 0 Å². The number of allylic oxidation sites excluding steroid dienone is 1. The summed E-state index contributed by atoms with van der Waals surface area (Å²) in [6.07, 6.45) is 5.35. The molecule has 4 aromatic heterocycles. The third-order valence-electron chi connectivity index (χ3n) is 12.3. The van der Waals surface area contributed by atoms with Gasteiger partial charge in [0.05, 0.1) is 0 Å². The summed E-state index contributed by atoms with van der Waals surface area (Å²) < 4.78 is 21.6. The number of furan rings is 3. The molecule has 0 spiro atoms. The third-order valence-corrected chi connectivity index (χ3v) is 13.4. The molecule has 4 heteroatoms. The van der Waals surface area contributed by atoms with Crippen molar-refractivity contribution in [3.05, 3.63) is 187 Å². The molecule has 0 saturated carbocycles. The van der Waals surface area contributed by atoms with Crippen LogP contribution in [0.15, 0.2) is 183 Å². The largest absolute Gasteiger partial charge is 0.456 e. The Morgan fingerprint density at radius 1 is 0.379 bits per heavy atom. The molecular weight excluding hydrogens is 729 g/mol. The molecule has 272 valence electrons. The molecule has 0 N–H and O–H groups in total. The number of hydrogen-bond donors (Lipinski definition) is 0. The SMILES string of the molecule is C1=CC(c2ccccc2)Cc2c1oc1ccc(-c3ccc4oc5cc6sc7ccc(-c8ccc9oc%10ccc(-c%11ccccc%11)cc%10c9c8)cc7c6cc5c4c3)cc21. The summed E-state index contributed by atoms with van der Waals surface area (Å²) in [4.78, 5) is 0. The van der Waals surface area contributed by atoms with Gasteiger partial charge in [-0.2, -0.15) is 0 Å². The van der Waals surface area contributed by atoms with Crippen LogP contribution in [0.25, 0.3) is 114 Å². The van der Waals surface area contributed by atoms with Gasteiger partial charge in [-0.1, -0.05) is 97.1 Å². The second kappa shape index (κ2) is 12.2. The molecule has 0 radical (unpaired) electrons. The molecule has 8 aromatic carbocycles. The highest BCUT2D eigenvalue weighted by molar-refractivity contribution is 7.25. The van der Waals surface area contributed by atoms with E-state index in [-0.39, 0.29) is 0 Å². The molecule has 1 unspecified atom stereocenters. The standard InChI is InChI=1S/C54H32O3S/c1-3-7-31(8-4-1)33-11-17-47-39(23-33)41-25-35(13-19-49(41)55-47)36-15-21-51-43(27-36)44-29-46-45-28-38(16-22-53(45)58-54(46)30-52(44)57-51)37-14-20-50-42(26-37)40-24-34(12-18-48(40)56-50)32-9-5-2-6-10-32/h1-22,24-30,33H,23H2. The maximum atomic E-state index is 6.51. The molecule has 0 aliphatic heterocycles. The first-order valence-electron chi connectivity index (χ1n) is 19.8. The van der Waals surface area contributed by atoms with E-state index >= 15 is 0 Å². The first-order chi connectivity index (χ1) is 28.7. The van der Waals surface area contributed by atoms with E-state index in [2.05, 4.69) is 176 Å². The molecule has 12 aromatic rings. The molecule has 4 heterocycles. The minimum absolute atomic E-state index is 0.335. The number of thiophene rings is 1. The van der Waals surface area contributed by atoms with E-state index in [1.54, 1.807) is 0 Å². The second-order valence-corrected chi connectivity index (χ2v) is 16.7. The summed E-state index contributed by atoms with van der Waals surface area (Å²) in [5.41, 5.74) is 14.2. The number of fused-ring (bicyclic) bond motifs is 12. The van der Waals surface area contributed by atoms with E-state index in [1.165, 1.54) is 64.5 Å². The van der Waals surface area contributed by atoms with Crippen LogP contribution in [0.3, 0.4) is 0 Å². The lowest BCUT2D eigenvalue weighted by Gasteiger charge is -2.17. The zero-order valence-electron chi connectivity index (χ0n) is 31.2. The Bertz CT molecular complexity index is 3650. The predicted octanol–water partition coefficient (Wildman–Crippen LogP) is 16.0. The zero-order chi connectivity index (χ0) is 37.9. The van der Waals surface area contributed by atoms with Crippen LogP contribution in [0.1, 0.15) is 22.8 Å². The lowest BCUT2D eigenvalue weighted by Crippen LogP contribution is -2.04. The van der Waals surface area contributed by atoms with E-state index in [0.29, 0.717) is 5.92 Å². The molecule has 0 fully saturated rings. The van der Waals surface area contributed by atoms with Crippen LogP contribution in [-0.4, -0.2) is 0 Å². The Morgan fingerprint density at radius 3 is 1.53 bits per heavy atom. The van der Waals surface area contributed by atoms with E-state index in [9.17, 15) is 0 Å². The van der Waals surface area contributed by atoms with Gasteiger partial charge in [-0.3, -0.25) is 0 Å². The number of benzene rings is 8. The summed E-state index contributed by atoms with van der Waals surface area (Å²) in [6, 6.07) is 59.0. The van der Waals surface area contributed by atoms with Crippen molar-refractivity contribution in [3.63, 3.8) is 0 Å². The van der Waals surface area contributed by atoms with Crippen LogP contribution in [0.4, 0.5) is 0 Å². The Labute approximate surface area is 336 Å². The first kappa shape index (κ1) is 32.0. The predicted molar refractivity (Wildman–Crippen MR) is 242 cm³/mol. The minimum Gasteiger partial charge on any atom is -0.456 e. The molecule has 1 aliphatic carbocycles. The van der Waals surface area contributed by atoms with Crippen LogP contribution in [0, 0.1) is 0 Å². The Balaban J connectivity index is 0.894. The molecule has 0 saturated heterocycles. The Hall–Kier alpha value is -7.14. The van der Waals surface area contributed by atoms with Gasteiger partial charge in [0.1, 0.15) is 33.7 Å². The van der Waals surface area contributed by atoms with Crippen molar-refractivity contribution in [2.45, 2.75) is 12.3 Å². The maximum absolute atomic E-state index is 6.51. The molecule has 58 heavy (non-hydrogen) atoms. The zero-order valence-corrected chi connectivity index (χ0v) is 32.0. The Morgan fingerprint density at radius 2 is 0.879 bits per heavy atom. The monoisotopic (exact) mass is 760 g/mol. The van der Waals surface area contributed by atoms with Crippen LogP contribution in [0.2, 0.25) is 0 Å². The van der Waals surface area contributed by atoms with E-state index < -0.39 is 0 Å². The summed E-state index contributed by atoms with van der Waals surface area (Å²) in [6.45, 7) is 0. The molecular formula is C54H32O3S. The highest BCUT2D eigenvalue weighted by Crippen LogP contribution is 2.44. The molecule has 13 rings (SSSR count). The van der Waals surface area contributed by atoms with Gasteiger partial charge in [0, 0.05) is 58.6 Å². The molecule has 1 atom stereocenters. The lowest BCUT2D eigenvalue weighted by atomic mass is 9.86. The number of rotatable bonds is 4. The summed E-state index contributed by atoms with van der Waals surface area (Å²) in [5.74, 6) is 1.31. The molecule has 0 bridgehead atoms. The fourth-order valence-electron chi connectivity index (χ4n) is 9.29. The van der Waals surface area contributed by atoms with Crippen molar-refractivity contribution >= 4 is 92.4 Å². The van der Waals surface area contributed by atoms with Crippen molar-refractivity contribution in [1.82, 2.24) is 0 Å². The van der Waals surface area contributed by atoms with Crippen LogP contribution in [0.5, 0.6) is 0 Å². The van der Waals surface area contributed by atoms with Gasteiger partial charge in [-0.25, -0.2) is 0 Å². The van der Waals surface area contributed by atoms with Crippen molar-refractivity contribution < 1.29 is 13.3 Å². The van der Waals surface area contributed by atoms with Crippen molar-refractivity contribution in [2.24, 2.45) is 0 Å². The van der Waals surface area contributed by atoms with E-state index in [0.717, 1.165) is 67.2 Å². The topological polar surface area (TPSA) is 39.4 Å². The molecule has 3 nitrogen and oxygen atoms in total. The highest BCUT2D eigenvalue weighted by Gasteiger charge is 2.22. The average Bonchev–Trinajstić information content (AvgIpc) is 4.04. The first-order valence-corrected chi connectivity index (χ1v) is 20.6.